The second-order valence-corrected chi connectivity index (χ2v) is 7.18. The number of hydrogen-bond donors (Lipinski definition) is 1. The molecule has 0 heterocycles. The first-order valence-corrected chi connectivity index (χ1v) is 9.32. The lowest BCUT2D eigenvalue weighted by atomic mass is 10.2. The monoisotopic (exact) mass is 425 g/mol. The minimum absolute atomic E-state index is 0.122. The number of benzene rings is 2. The average molecular weight is 426 g/mol. The largest absolute Gasteiger partial charge is 0.452 e. The second-order valence-electron chi connectivity index (χ2n) is 5.22. The normalized spacial score (nSPS) is 11.6. The van der Waals surface area contributed by atoms with Crippen molar-refractivity contribution in [1.82, 2.24) is 5.32 Å². The Balaban J connectivity index is 1.72. The molecule has 0 aliphatic rings. The van der Waals surface area contributed by atoms with Gasteiger partial charge in [-0.2, -0.15) is 0 Å². The molecular formula is C18H17BrFNO3S. The topological polar surface area (TPSA) is 55.4 Å². The molecule has 0 bridgehead atoms. The van der Waals surface area contributed by atoms with Crippen LogP contribution in [0.5, 0.6) is 0 Å². The zero-order chi connectivity index (χ0) is 18.2. The van der Waals surface area contributed by atoms with Crippen LogP contribution in [0.1, 0.15) is 12.5 Å². The van der Waals surface area contributed by atoms with E-state index in [0.29, 0.717) is 0 Å². The number of thioether (sulfide) groups is 1. The lowest BCUT2D eigenvalue weighted by Gasteiger charge is -2.13. The Morgan fingerprint density at radius 2 is 1.80 bits per heavy atom. The second kappa shape index (κ2) is 9.58. The molecule has 0 aromatic heterocycles. The van der Waals surface area contributed by atoms with Crippen molar-refractivity contribution in [1.29, 1.82) is 0 Å². The van der Waals surface area contributed by atoms with Crippen LogP contribution < -0.4 is 5.32 Å². The van der Waals surface area contributed by atoms with Gasteiger partial charge in [-0.25, -0.2) is 4.39 Å². The number of ether oxygens (including phenoxy) is 1. The quantitative estimate of drug-likeness (QED) is 0.539. The van der Waals surface area contributed by atoms with Crippen LogP contribution in [0, 0.1) is 5.82 Å². The summed E-state index contributed by atoms with van der Waals surface area (Å²) in [6.45, 7) is 1.76. The van der Waals surface area contributed by atoms with E-state index in [1.807, 2.05) is 24.3 Å². The van der Waals surface area contributed by atoms with E-state index in [1.165, 1.54) is 30.8 Å². The van der Waals surface area contributed by atoms with Crippen LogP contribution in [0.2, 0.25) is 0 Å². The maximum atomic E-state index is 12.8. The minimum Gasteiger partial charge on any atom is -0.452 e. The first kappa shape index (κ1) is 19.5. The Bertz CT molecular complexity index is 722. The zero-order valence-corrected chi connectivity index (χ0v) is 15.9. The van der Waals surface area contributed by atoms with Crippen LogP contribution in [0.4, 0.5) is 4.39 Å². The van der Waals surface area contributed by atoms with Gasteiger partial charge < -0.3 is 10.1 Å². The predicted molar refractivity (Wildman–Crippen MR) is 98.7 cm³/mol. The van der Waals surface area contributed by atoms with E-state index in [1.54, 1.807) is 12.1 Å². The molecule has 0 saturated carbocycles. The Morgan fingerprint density at radius 1 is 1.16 bits per heavy atom. The number of carbonyl (C=O) groups is 2. The van der Waals surface area contributed by atoms with E-state index in [-0.39, 0.29) is 18.1 Å². The fourth-order valence-electron chi connectivity index (χ4n) is 1.89. The Labute approximate surface area is 158 Å². The highest BCUT2D eigenvalue weighted by molar-refractivity contribution is 9.10. The molecule has 7 heteroatoms. The maximum Gasteiger partial charge on any atom is 0.317 e. The summed E-state index contributed by atoms with van der Waals surface area (Å²) in [6.07, 6.45) is -0.890. The van der Waals surface area contributed by atoms with E-state index < -0.39 is 18.0 Å². The molecule has 0 aliphatic heterocycles. The van der Waals surface area contributed by atoms with Crippen LogP contribution in [0.15, 0.2) is 57.9 Å². The zero-order valence-electron chi connectivity index (χ0n) is 13.5. The van der Waals surface area contributed by atoms with Gasteiger partial charge >= 0.3 is 5.97 Å². The van der Waals surface area contributed by atoms with Gasteiger partial charge in [0.05, 0.1) is 5.75 Å². The van der Waals surface area contributed by atoms with E-state index >= 15 is 0 Å². The molecule has 0 aliphatic carbocycles. The van der Waals surface area contributed by atoms with Gasteiger partial charge in [0.2, 0.25) is 0 Å². The van der Waals surface area contributed by atoms with Crippen molar-refractivity contribution >= 4 is 39.6 Å². The van der Waals surface area contributed by atoms with Gasteiger partial charge in [0.15, 0.2) is 6.10 Å². The Morgan fingerprint density at radius 3 is 2.44 bits per heavy atom. The third kappa shape index (κ3) is 6.88. The van der Waals surface area contributed by atoms with Gasteiger partial charge in [-0.1, -0.05) is 28.1 Å². The van der Waals surface area contributed by atoms with E-state index in [2.05, 4.69) is 21.2 Å². The molecule has 0 radical (unpaired) electrons. The lowest BCUT2D eigenvalue weighted by Crippen LogP contribution is -2.35. The SMILES string of the molecule is CC(OC(=O)CSc1ccc(Br)cc1)C(=O)NCc1ccc(F)cc1. The van der Waals surface area contributed by atoms with Gasteiger partial charge in [0, 0.05) is 15.9 Å². The molecule has 1 N–H and O–H groups in total. The highest BCUT2D eigenvalue weighted by atomic mass is 79.9. The number of amides is 1. The molecule has 1 atom stereocenters. The summed E-state index contributed by atoms with van der Waals surface area (Å²) in [5.41, 5.74) is 0.763. The molecule has 132 valence electrons. The summed E-state index contributed by atoms with van der Waals surface area (Å²) in [7, 11) is 0. The molecule has 0 spiro atoms. The Kier molecular flexibility index (Phi) is 7.46. The van der Waals surface area contributed by atoms with Crippen molar-refractivity contribution in [3.05, 3.63) is 64.4 Å². The molecule has 2 aromatic carbocycles. The first-order valence-electron chi connectivity index (χ1n) is 7.54. The van der Waals surface area contributed by atoms with Crippen molar-refractivity contribution in [3.63, 3.8) is 0 Å². The summed E-state index contributed by atoms with van der Waals surface area (Å²) in [4.78, 5) is 24.7. The van der Waals surface area contributed by atoms with E-state index in [0.717, 1.165) is 14.9 Å². The molecule has 0 saturated heterocycles. The van der Waals surface area contributed by atoms with Crippen molar-refractivity contribution in [2.45, 2.75) is 24.5 Å². The van der Waals surface area contributed by atoms with Crippen molar-refractivity contribution in [2.24, 2.45) is 0 Å². The van der Waals surface area contributed by atoms with Crippen LogP contribution in [0.25, 0.3) is 0 Å². The predicted octanol–water partition coefficient (Wildman–Crippen LogP) is 3.93. The highest BCUT2D eigenvalue weighted by Crippen LogP contribution is 2.20. The summed E-state index contributed by atoms with van der Waals surface area (Å²) in [6, 6.07) is 13.4. The Hall–Kier alpha value is -1.86. The van der Waals surface area contributed by atoms with Gasteiger partial charge in [-0.15, -0.1) is 11.8 Å². The number of carbonyl (C=O) groups excluding carboxylic acids is 2. The number of rotatable bonds is 7. The number of nitrogens with one attached hydrogen (secondary N) is 1. The number of hydrogen-bond acceptors (Lipinski definition) is 4. The van der Waals surface area contributed by atoms with Crippen LogP contribution >= 0.6 is 27.7 Å². The number of halogens is 2. The number of esters is 1. The van der Waals surface area contributed by atoms with Gasteiger partial charge in [0.25, 0.3) is 5.91 Å². The molecule has 1 unspecified atom stereocenters. The van der Waals surface area contributed by atoms with Crippen LogP contribution in [-0.4, -0.2) is 23.7 Å². The molecule has 1 amide bonds. The molecule has 2 aromatic rings. The average Bonchev–Trinajstić information content (AvgIpc) is 2.60. The van der Waals surface area contributed by atoms with Crippen LogP contribution in [0.3, 0.4) is 0 Å². The van der Waals surface area contributed by atoms with Gasteiger partial charge in [-0.3, -0.25) is 9.59 Å². The van der Waals surface area contributed by atoms with Crippen LogP contribution in [-0.2, 0) is 20.9 Å². The van der Waals surface area contributed by atoms with Gasteiger partial charge in [0.1, 0.15) is 5.82 Å². The van der Waals surface area contributed by atoms with Crippen molar-refractivity contribution < 1.29 is 18.7 Å². The van der Waals surface area contributed by atoms with Gasteiger partial charge in [-0.05, 0) is 48.9 Å². The van der Waals surface area contributed by atoms with Crippen molar-refractivity contribution in [2.75, 3.05) is 5.75 Å². The highest BCUT2D eigenvalue weighted by Gasteiger charge is 2.17. The molecule has 2 rings (SSSR count). The minimum atomic E-state index is -0.890. The summed E-state index contributed by atoms with van der Waals surface area (Å²) in [5.74, 6) is -1.07. The molecular weight excluding hydrogens is 409 g/mol. The lowest BCUT2D eigenvalue weighted by molar-refractivity contribution is -0.152. The summed E-state index contributed by atoms with van der Waals surface area (Å²) >= 11 is 4.69. The fourth-order valence-corrected chi connectivity index (χ4v) is 2.84. The van der Waals surface area contributed by atoms with E-state index in [4.69, 9.17) is 4.74 Å². The van der Waals surface area contributed by atoms with Crippen molar-refractivity contribution in [3.8, 4) is 0 Å². The standard InChI is InChI=1S/C18H17BrFNO3S/c1-12(18(23)21-10-13-2-6-15(20)7-3-13)24-17(22)11-25-16-8-4-14(19)5-9-16/h2-9,12H,10-11H2,1H3,(H,21,23). The maximum absolute atomic E-state index is 12.8. The molecule has 25 heavy (non-hydrogen) atoms. The molecule has 4 nitrogen and oxygen atoms in total. The first-order chi connectivity index (χ1) is 11.9. The summed E-state index contributed by atoms with van der Waals surface area (Å²) < 4.78 is 18.9. The van der Waals surface area contributed by atoms with E-state index in [9.17, 15) is 14.0 Å². The third-order valence-electron chi connectivity index (χ3n) is 3.23. The fraction of sp³-hybridized carbons (Fsp3) is 0.222. The summed E-state index contributed by atoms with van der Waals surface area (Å²) in [5, 5.41) is 2.65. The third-order valence-corrected chi connectivity index (χ3v) is 4.74. The molecule has 0 fully saturated rings. The smallest absolute Gasteiger partial charge is 0.317 e.